The molecule has 3 saturated heterocycles. The summed E-state index contributed by atoms with van der Waals surface area (Å²) in [5, 5.41) is 14.7. The monoisotopic (exact) mass is 681 g/mol. The van der Waals surface area contributed by atoms with Gasteiger partial charge >= 0.3 is 6.01 Å². The van der Waals surface area contributed by atoms with Gasteiger partial charge in [0.05, 0.1) is 26.2 Å². The molecule has 2 aromatic carbocycles. The second-order valence-electron chi connectivity index (χ2n) is 13.6. The Labute approximate surface area is 279 Å². The third-order valence-electron chi connectivity index (χ3n) is 10.9. The van der Waals surface area contributed by atoms with Crippen LogP contribution in [0.2, 0.25) is 5.02 Å². The van der Waals surface area contributed by atoms with Crippen molar-refractivity contribution in [3.8, 4) is 23.2 Å². The largest absolute Gasteiger partial charge is 0.461 e. The standard InChI is InChI=1S/C34H35ClF3N7OS/c1-3-18-14-45-23(12-41-18)16(2)9-20-26-29(42-33(43-32(26)45)46-15-34-7-4-8-44(34)13-17(36)10-34)28(38)25(27(20)35)19-5-6-22(37)30-24(19)21(11-39)31(40)47-30/h5-6,16-18,23,41H,3-4,7-10,12-15,40H2,1-2H3/t16-,17+,18+,23+,34-/m0/s1. The minimum atomic E-state index is -0.920. The van der Waals surface area contributed by atoms with Crippen LogP contribution in [-0.2, 0) is 6.42 Å². The van der Waals surface area contributed by atoms with Crippen LogP contribution < -0.4 is 20.7 Å². The first-order valence-corrected chi connectivity index (χ1v) is 17.5. The summed E-state index contributed by atoms with van der Waals surface area (Å²) < 4.78 is 53.4. The molecule has 8 nitrogen and oxygen atoms in total. The molecular weight excluding hydrogens is 647 g/mol. The molecule has 3 N–H and O–H groups in total. The van der Waals surface area contributed by atoms with Gasteiger partial charge in [0, 0.05) is 49.1 Å². The van der Waals surface area contributed by atoms with Gasteiger partial charge in [0.1, 0.15) is 41.0 Å². The van der Waals surface area contributed by atoms with Crippen LogP contribution in [0.3, 0.4) is 0 Å². The summed E-state index contributed by atoms with van der Waals surface area (Å²) in [6.45, 7) is 7.06. The van der Waals surface area contributed by atoms with Gasteiger partial charge < -0.3 is 20.7 Å². The van der Waals surface area contributed by atoms with Crippen molar-refractivity contribution in [2.75, 3.05) is 43.4 Å². The highest BCUT2D eigenvalue weighted by atomic mass is 35.5. The molecule has 2 aromatic heterocycles. The maximum absolute atomic E-state index is 17.3. The normalized spacial score (nSPS) is 27.2. The Morgan fingerprint density at radius 1 is 1.26 bits per heavy atom. The number of alkyl halides is 1. The topological polar surface area (TPSA) is 103 Å². The Hall–Kier alpha value is -3.37. The number of nitriles is 1. The highest BCUT2D eigenvalue weighted by Gasteiger charge is 2.49. The summed E-state index contributed by atoms with van der Waals surface area (Å²) in [5.74, 6) is -0.589. The number of hydrogen-bond acceptors (Lipinski definition) is 9. The van der Waals surface area contributed by atoms with Gasteiger partial charge in [-0.15, -0.1) is 11.3 Å². The van der Waals surface area contributed by atoms with E-state index >= 15 is 8.78 Å². The molecule has 4 aliphatic heterocycles. The number of ether oxygens (including phenoxy) is 1. The average Bonchev–Trinajstić information content (AvgIpc) is 3.68. The van der Waals surface area contributed by atoms with Crippen LogP contribution in [-0.4, -0.2) is 71.4 Å². The minimum absolute atomic E-state index is 0.0239. The van der Waals surface area contributed by atoms with Gasteiger partial charge in [-0.25, -0.2) is 13.2 Å². The van der Waals surface area contributed by atoms with Crippen molar-refractivity contribution in [1.29, 1.82) is 5.26 Å². The lowest BCUT2D eigenvalue weighted by atomic mass is 9.89. The first-order valence-electron chi connectivity index (χ1n) is 16.3. The molecule has 3 fully saturated rings. The first kappa shape index (κ1) is 30.9. The minimum Gasteiger partial charge on any atom is -0.461 e. The van der Waals surface area contributed by atoms with E-state index in [9.17, 15) is 9.65 Å². The fourth-order valence-corrected chi connectivity index (χ4v) is 9.82. The summed E-state index contributed by atoms with van der Waals surface area (Å²) in [7, 11) is 0. The van der Waals surface area contributed by atoms with E-state index < -0.39 is 23.3 Å². The van der Waals surface area contributed by atoms with E-state index in [0.717, 1.165) is 43.7 Å². The number of hydrogen-bond donors (Lipinski definition) is 2. The van der Waals surface area contributed by atoms with E-state index in [4.69, 9.17) is 32.0 Å². The van der Waals surface area contributed by atoms with Gasteiger partial charge in [0.2, 0.25) is 0 Å². The van der Waals surface area contributed by atoms with Gasteiger partial charge in [0.15, 0.2) is 5.82 Å². The second-order valence-corrected chi connectivity index (χ2v) is 15.0. The van der Waals surface area contributed by atoms with Gasteiger partial charge in [-0.05, 0) is 55.3 Å². The van der Waals surface area contributed by atoms with E-state index in [0.29, 0.717) is 42.7 Å². The van der Waals surface area contributed by atoms with Crippen LogP contribution in [0.1, 0.15) is 50.7 Å². The molecule has 6 heterocycles. The molecule has 0 spiro atoms. The van der Waals surface area contributed by atoms with Crippen LogP contribution in [0.5, 0.6) is 6.01 Å². The lowest BCUT2D eigenvalue weighted by Gasteiger charge is -2.43. The highest BCUT2D eigenvalue weighted by molar-refractivity contribution is 7.23. The molecule has 5 atom stereocenters. The number of anilines is 2. The molecule has 8 rings (SSSR count). The van der Waals surface area contributed by atoms with Crippen LogP contribution in [0.4, 0.5) is 24.0 Å². The summed E-state index contributed by atoms with van der Waals surface area (Å²) in [6.07, 6.45) is 2.67. The molecule has 0 unspecified atom stereocenters. The number of nitrogens with two attached hydrogens (primary N) is 1. The smallest absolute Gasteiger partial charge is 0.319 e. The number of nitrogens with zero attached hydrogens (tertiary/aromatic N) is 5. The van der Waals surface area contributed by atoms with Crippen molar-refractivity contribution in [3.05, 3.63) is 39.9 Å². The zero-order valence-corrected chi connectivity index (χ0v) is 27.7. The highest BCUT2D eigenvalue weighted by Crippen LogP contribution is 2.49. The SMILES string of the molecule is CC[C@@H]1CN2c3nc(OC[C@@]45CCCN4C[C@H](F)C5)nc4c(F)c(-c5ccc(F)c6sc(N)c(C#N)c56)c(Cl)c(c34)C[C@H](C)[C@H]2CN1. The third-order valence-corrected chi connectivity index (χ3v) is 12.3. The van der Waals surface area contributed by atoms with Gasteiger partial charge in [-0.3, -0.25) is 4.90 Å². The number of benzene rings is 2. The van der Waals surface area contributed by atoms with E-state index in [1.165, 1.54) is 12.1 Å². The Balaban J connectivity index is 1.36. The van der Waals surface area contributed by atoms with Crippen molar-refractivity contribution in [2.45, 2.75) is 69.7 Å². The van der Waals surface area contributed by atoms with Crippen LogP contribution in [0, 0.1) is 28.9 Å². The molecule has 0 amide bonds. The first-order chi connectivity index (χ1) is 22.6. The quantitative estimate of drug-likeness (QED) is 0.243. The van der Waals surface area contributed by atoms with Crippen LogP contribution in [0.15, 0.2) is 12.1 Å². The number of halogens is 4. The lowest BCUT2D eigenvalue weighted by molar-refractivity contribution is 0.107. The number of thiophene rings is 1. The van der Waals surface area contributed by atoms with E-state index in [2.05, 4.69) is 35.0 Å². The molecule has 0 aliphatic carbocycles. The molecule has 0 saturated carbocycles. The van der Waals surface area contributed by atoms with Crippen LogP contribution in [0.25, 0.3) is 32.1 Å². The maximum Gasteiger partial charge on any atom is 0.319 e. The predicted molar refractivity (Wildman–Crippen MR) is 179 cm³/mol. The Morgan fingerprint density at radius 3 is 2.87 bits per heavy atom. The number of rotatable bonds is 5. The summed E-state index contributed by atoms with van der Waals surface area (Å²) in [5.41, 5.74) is 6.84. The number of nitrogens with one attached hydrogen (secondary N) is 1. The predicted octanol–water partition coefficient (Wildman–Crippen LogP) is 6.60. The van der Waals surface area contributed by atoms with Crippen LogP contribution >= 0.6 is 22.9 Å². The van der Waals surface area contributed by atoms with Crippen molar-refractivity contribution in [3.63, 3.8) is 0 Å². The molecule has 0 radical (unpaired) electrons. The van der Waals surface area contributed by atoms with Gasteiger partial charge in [0.25, 0.3) is 0 Å². The number of nitrogen functional groups attached to an aromatic ring is 1. The molecule has 13 heteroatoms. The maximum atomic E-state index is 17.3. The van der Waals surface area contributed by atoms with E-state index in [1.807, 2.05) is 0 Å². The number of piperazine rings is 1. The zero-order chi connectivity index (χ0) is 32.8. The fraction of sp³-hybridized carbons (Fsp3) is 0.500. The van der Waals surface area contributed by atoms with Crippen molar-refractivity contribution >= 4 is 54.7 Å². The Kier molecular flexibility index (Phi) is 7.48. The van der Waals surface area contributed by atoms with Crippen molar-refractivity contribution in [1.82, 2.24) is 20.2 Å². The Morgan fingerprint density at radius 2 is 2.09 bits per heavy atom. The molecule has 4 aliphatic rings. The fourth-order valence-electron chi connectivity index (χ4n) is 8.52. The number of aromatic nitrogens is 2. The van der Waals surface area contributed by atoms with Crippen molar-refractivity contribution in [2.24, 2.45) is 5.92 Å². The summed E-state index contributed by atoms with van der Waals surface area (Å²) in [6, 6.07) is 5.06. The summed E-state index contributed by atoms with van der Waals surface area (Å²) in [4.78, 5) is 14.1. The van der Waals surface area contributed by atoms with Crippen molar-refractivity contribution < 1.29 is 17.9 Å². The number of fused-ring (bicyclic) bond motifs is 4. The molecule has 246 valence electrons. The zero-order valence-electron chi connectivity index (χ0n) is 26.2. The Bertz CT molecular complexity index is 1980. The third kappa shape index (κ3) is 4.68. The second kappa shape index (κ2) is 11.4. The average molecular weight is 682 g/mol. The molecule has 0 bridgehead atoms. The summed E-state index contributed by atoms with van der Waals surface area (Å²) >= 11 is 8.17. The van der Waals surface area contributed by atoms with Gasteiger partial charge in [-0.1, -0.05) is 31.5 Å². The van der Waals surface area contributed by atoms with Gasteiger partial charge in [-0.2, -0.15) is 15.2 Å². The molecular formula is C34H35ClF3N7OS. The van der Waals surface area contributed by atoms with E-state index in [-0.39, 0.29) is 72.9 Å². The molecule has 47 heavy (non-hydrogen) atoms. The van der Waals surface area contributed by atoms with E-state index in [1.54, 1.807) is 0 Å². The lowest BCUT2D eigenvalue weighted by Crippen LogP contribution is -2.58. The molecule has 4 aromatic rings.